The van der Waals surface area contributed by atoms with E-state index in [9.17, 15) is 0 Å². The van der Waals surface area contributed by atoms with E-state index >= 15 is 0 Å². The average molecular weight is 194 g/mol. The van der Waals surface area contributed by atoms with Gasteiger partial charge in [0.1, 0.15) is 0 Å². The van der Waals surface area contributed by atoms with Gasteiger partial charge in [-0.1, -0.05) is 12.8 Å². The Labute approximate surface area is 84.6 Å². The molecule has 1 aliphatic carbocycles. The minimum absolute atomic E-state index is 0.412. The SMILES string of the molecule is NNC(Cc1ccoc1)C1CCCC1. The number of nitrogens with one attached hydrogen (secondary N) is 1. The topological polar surface area (TPSA) is 51.2 Å². The summed E-state index contributed by atoms with van der Waals surface area (Å²) in [6.07, 6.45) is 9.84. The van der Waals surface area contributed by atoms with Crippen molar-refractivity contribution in [2.75, 3.05) is 0 Å². The van der Waals surface area contributed by atoms with Gasteiger partial charge in [0.25, 0.3) is 0 Å². The second kappa shape index (κ2) is 4.62. The average Bonchev–Trinajstić information content (AvgIpc) is 2.86. The third-order valence-corrected chi connectivity index (χ3v) is 3.22. The number of hydrogen-bond donors (Lipinski definition) is 2. The van der Waals surface area contributed by atoms with Gasteiger partial charge in [0, 0.05) is 6.04 Å². The van der Waals surface area contributed by atoms with Crippen LogP contribution in [0.4, 0.5) is 0 Å². The highest BCUT2D eigenvalue weighted by molar-refractivity contribution is 5.08. The molecule has 3 heteroatoms. The minimum atomic E-state index is 0.412. The molecule has 1 aromatic rings. The molecule has 0 saturated heterocycles. The van der Waals surface area contributed by atoms with Crippen LogP contribution in [0.5, 0.6) is 0 Å². The Morgan fingerprint density at radius 3 is 2.86 bits per heavy atom. The molecule has 2 rings (SSSR count). The molecular formula is C11H18N2O. The second-order valence-corrected chi connectivity index (χ2v) is 4.15. The summed E-state index contributed by atoms with van der Waals surface area (Å²) in [4.78, 5) is 0. The number of hydrazine groups is 1. The van der Waals surface area contributed by atoms with Gasteiger partial charge in [0.05, 0.1) is 12.5 Å². The summed E-state index contributed by atoms with van der Waals surface area (Å²) in [6, 6.07) is 2.43. The predicted octanol–water partition coefficient (Wildman–Crippen LogP) is 1.84. The van der Waals surface area contributed by atoms with E-state index < -0.39 is 0 Å². The van der Waals surface area contributed by atoms with Crippen LogP contribution in [0.25, 0.3) is 0 Å². The predicted molar refractivity (Wildman–Crippen MR) is 55.5 cm³/mol. The van der Waals surface area contributed by atoms with Crippen LogP contribution in [0.1, 0.15) is 31.2 Å². The van der Waals surface area contributed by atoms with Gasteiger partial charge in [-0.3, -0.25) is 11.3 Å². The Morgan fingerprint density at radius 2 is 2.29 bits per heavy atom. The van der Waals surface area contributed by atoms with Gasteiger partial charge in [0.15, 0.2) is 0 Å². The first kappa shape index (κ1) is 9.74. The molecule has 1 aromatic heterocycles. The highest BCUT2D eigenvalue weighted by Crippen LogP contribution is 2.28. The lowest BCUT2D eigenvalue weighted by molar-refractivity contribution is 0.360. The Balaban J connectivity index is 1.92. The summed E-state index contributed by atoms with van der Waals surface area (Å²) < 4.78 is 5.05. The van der Waals surface area contributed by atoms with Crippen molar-refractivity contribution in [3.63, 3.8) is 0 Å². The molecule has 0 aliphatic heterocycles. The zero-order valence-electron chi connectivity index (χ0n) is 8.41. The summed E-state index contributed by atoms with van der Waals surface area (Å²) in [5, 5.41) is 0. The smallest absolute Gasteiger partial charge is 0.0935 e. The lowest BCUT2D eigenvalue weighted by Crippen LogP contribution is -2.41. The Kier molecular flexibility index (Phi) is 3.22. The molecule has 1 atom stereocenters. The summed E-state index contributed by atoms with van der Waals surface area (Å²) in [6.45, 7) is 0. The van der Waals surface area contributed by atoms with Crippen LogP contribution in [0, 0.1) is 5.92 Å². The summed E-state index contributed by atoms with van der Waals surface area (Å²) in [5.41, 5.74) is 4.18. The molecule has 1 unspecified atom stereocenters. The van der Waals surface area contributed by atoms with Crippen LogP contribution in [0.15, 0.2) is 23.0 Å². The monoisotopic (exact) mass is 194 g/mol. The molecule has 1 aliphatic rings. The molecular weight excluding hydrogens is 176 g/mol. The normalized spacial score (nSPS) is 20.1. The van der Waals surface area contributed by atoms with Crippen molar-refractivity contribution in [1.29, 1.82) is 0 Å². The molecule has 3 nitrogen and oxygen atoms in total. The van der Waals surface area contributed by atoms with Crippen molar-refractivity contribution in [1.82, 2.24) is 5.43 Å². The van der Waals surface area contributed by atoms with E-state index in [0.717, 1.165) is 12.3 Å². The van der Waals surface area contributed by atoms with Crippen LogP contribution in [0.2, 0.25) is 0 Å². The molecule has 3 N–H and O–H groups in total. The van der Waals surface area contributed by atoms with E-state index in [1.165, 1.54) is 31.2 Å². The largest absolute Gasteiger partial charge is 0.472 e. The maximum Gasteiger partial charge on any atom is 0.0935 e. The Hall–Kier alpha value is -0.800. The Bertz CT molecular complexity index is 252. The van der Waals surface area contributed by atoms with Crippen LogP contribution < -0.4 is 11.3 Å². The minimum Gasteiger partial charge on any atom is -0.472 e. The molecule has 14 heavy (non-hydrogen) atoms. The lowest BCUT2D eigenvalue weighted by Gasteiger charge is -2.21. The molecule has 0 aromatic carbocycles. The van der Waals surface area contributed by atoms with Crippen LogP contribution in [-0.2, 0) is 6.42 Å². The maximum absolute atomic E-state index is 5.59. The highest BCUT2D eigenvalue weighted by atomic mass is 16.3. The third-order valence-electron chi connectivity index (χ3n) is 3.22. The standard InChI is InChI=1S/C11H18N2O/c12-13-11(10-3-1-2-4-10)7-9-5-6-14-8-9/h5-6,8,10-11,13H,1-4,7,12H2. The van der Waals surface area contributed by atoms with Gasteiger partial charge in [0.2, 0.25) is 0 Å². The Morgan fingerprint density at radius 1 is 1.50 bits per heavy atom. The van der Waals surface area contributed by atoms with Gasteiger partial charge in [-0.25, -0.2) is 0 Å². The molecule has 1 fully saturated rings. The van der Waals surface area contributed by atoms with E-state index in [-0.39, 0.29) is 0 Å². The van der Waals surface area contributed by atoms with E-state index in [1.807, 2.05) is 6.07 Å². The fourth-order valence-electron chi connectivity index (χ4n) is 2.38. The van der Waals surface area contributed by atoms with E-state index in [0.29, 0.717) is 6.04 Å². The van der Waals surface area contributed by atoms with Gasteiger partial charge in [-0.05, 0) is 36.8 Å². The molecule has 1 heterocycles. The fraction of sp³-hybridized carbons (Fsp3) is 0.636. The van der Waals surface area contributed by atoms with Gasteiger partial charge in [-0.15, -0.1) is 0 Å². The van der Waals surface area contributed by atoms with Crippen molar-refractivity contribution < 1.29 is 4.42 Å². The molecule has 1 saturated carbocycles. The molecule has 0 amide bonds. The number of rotatable bonds is 4. The first-order valence-electron chi connectivity index (χ1n) is 5.37. The highest BCUT2D eigenvalue weighted by Gasteiger charge is 2.24. The van der Waals surface area contributed by atoms with Crippen LogP contribution in [-0.4, -0.2) is 6.04 Å². The van der Waals surface area contributed by atoms with Crippen molar-refractivity contribution >= 4 is 0 Å². The van der Waals surface area contributed by atoms with Crippen molar-refractivity contribution in [3.8, 4) is 0 Å². The first-order valence-corrected chi connectivity index (χ1v) is 5.37. The molecule has 0 spiro atoms. The quantitative estimate of drug-likeness (QED) is 0.568. The number of nitrogens with two attached hydrogens (primary N) is 1. The van der Waals surface area contributed by atoms with Gasteiger partial charge < -0.3 is 4.42 Å². The second-order valence-electron chi connectivity index (χ2n) is 4.15. The van der Waals surface area contributed by atoms with E-state index in [2.05, 4.69) is 5.43 Å². The third kappa shape index (κ3) is 2.16. The summed E-state index contributed by atoms with van der Waals surface area (Å²) in [5.74, 6) is 6.33. The van der Waals surface area contributed by atoms with E-state index in [4.69, 9.17) is 10.3 Å². The maximum atomic E-state index is 5.59. The fourth-order valence-corrected chi connectivity index (χ4v) is 2.38. The van der Waals surface area contributed by atoms with E-state index in [1.54, 1.807) is 12.5 Å². The molecule has 78 valence electrons. The van der Waals surface area contributed by atoms with Crippen LogP contribution in [0.3, 0.4) is 0 Å². The van der Waals surface area contributed by atoms with Crippen LogP contribution >= 0.6 is 0 Å². The zero-order chi connectivity index (χ0) is 9.80. The van der Waals surface area contributed by atoms with Crippen molar-refractivity contribution in [3.05, 3.63) is 24.2 Å². The van der Waals surface area contributed by atoms with Gasteiger partial charge >= 0.3 is 0 Å². The molecule has 0 radical (unpaired) electrons. The summed E-state index contributed by atoms with van der Waals surface area (Å²) in [7, 11) is 0. The van der Waals surface area contributed by atoms with Crippen molar-refractivity contribution in [2.24, 2.45) is 11.8 Å². The summed E-state index contributed by atoms with van der Waals surface area (Å²) >= 11 is 0. The number of furan rings is 1. The van der Waals surface area contributed by atoms with Crippen molar-refractivity contribution in [2.45, 2.75) is 38.1 Å². The number of hydrogen-bond acceptors (Lipinski definition) is 3. The lowest BCUT2D eigenvalue weighted by atomic mass is 9.94. The molecule has 0 bridgehead atoms. The first-order chi connectivity index (χ1) is 6.90. The zero-order valence-corrected chi connectivity index (χ0v) is 8.41. The van der Waals surface area contributed by atoms with Gasteiger partial charge in [-0.2, -0.15) is 0 Å².